The number of hydrogen-bond acceptors (Lipinski definition) is 5. The highest BCUT2D eigenvalue weighted by molar-refractivity contribution is 14.0. The Morgan fingerprint density at radius 2 is 1.97 bits per heavy atom. The summed E-state index contributed by atoms with van der Waals surface area (Å²) in [7, 11) is 1.66. The van der Waals surface area contributed by atoms with Crippen molar-refractivity contribution in [2.75, 3.05) is 33.4 Å². The summed E-state index contributed by atoms with van der Waals surface area (Å²) in [4.78, 5) is 18.4. The van der Waals surface area contributed by atoms with Gasteiger partial charge < -0.3 is 29.4 Å². The van der Waals surface area contributed by atoms with Gasteiger partial charge in [-0.05, 0) is 49.6 Å². The summed E-state index contributed by atoms with van der Waals surface area (Å²) in [6.45, 7) is 4.85. The lowest BCUT2D eigenvalue weighted by Crippen LogP contribution is -2.50. The first-order valence-corrected chi connectivity index (χ1v) is 10.8. The van der Waals surface area contributed by atoms with Crippen LogP contribution in [0.25, 0.3) is 0 Å². The number of benzene rings is 1. The van der Waals surface area contributed by atoms with Crippen LogP contribution in [0.4, 0.5) is 4.79 Å². The average molecular weight is 556 g/mol. The molecule has 32 heavy (non-hydrogen) atoms. The van der Waals surface area contributed by atoms with Gasteiger partial charge in [0.2, 0.25) is 0 Å². The standard InChI is InChI=1S/C23H32N4O4.HI/c1-3-30-23(28)27-14-11-19(12-15-27)26-22(24-13-10-21-5-4-16-31-21)25-17-18-6-8-20(29-2)9-7-18;/h4-9,16,19H,3,10-15,17H2,1-2H3,(H2,24,25,26);1H. The number of furan rings is 1. The van der Waals surface area contributed by atoms with Gasteiger partial charge in [0.25, 0.3) is 0 Å². The average Bonchev–Trinajstić information content (AvgIpc) is 3.32. The second-order valence-electron chi connectivity index (χ2n) is 7.37. The Hall–Kier alpha value is -2.43. The SMILES string of the molecule is CCOC(=O)N1CCC(NC(=NCc2ccc(OC)cc2)NCCc2ccco2)CC1.I. The maximum absolute atomic E-state index is 11.9. The first-order chi connectivity index (χ1) is 15.2. The zero-order chi connectivity index (χ0) is 21.9. The van der Waals surface area contributed by atoms with Crippen LogP contribution in [0.15, 0.2) is 52.1 Å². The van der Waals surface area contributed by atoms with E-state index in [-0.39, 0.29) is 36.1 Å². The van der Waals surface area contributed by atoms with E-state index >= 15 is 0 Å². The highest BCUT2D eigenvalue weighted by Gasteiger charge is 2.24. The van der Waals surface area contributed by atoms with Crippen LogP contribution in [0.5, 0.6) is 5.75 Å². The maximum Gasteiger partial charge on any atom is 0.409 e. The number of piperidine rings is 1. The Kier molecular flexibility index (Phi) is 11.2. The van der Waals surface area contributed by atoms with Crippen LogP contribution < -0.4 is 15.4 Å². The number of guanidine groups is 1. The van der Waals surface area contributed by atoms with Crippen molar-refractivity contribution in [1.29, 1.82) is 0 Å². The van der Waals surface area contributed by atoms with E-state index in [1.807, 2.05) is 43.3 Å². The quantitative estimate of drug-likeness (QED) is 0.292. The Bertz CT molecular complexity index is 819. The minimum Gasteiger partial charge on any atom is -0.497 e. The van der Waals surface area contributed by atoms with Crippen molar-refractivity contribution < 1.29 is 18.7 Å². The number of rotatable bonds is 8. The normalized spacial score (nSPS) is 14.4. The van der Waals surface area contributed by atoms with E-state index < -0.39 is 0 Å². The zero-order valence-electron chi connectivity index (χ0n) is 18.7. The van der Waals surface area contributed by atoms with Crippen molar-refractivity contribution in [1.82, 2.24) is 15.5 Å². The summed E-state index contributed by atoms with van der Waals surface area (Å²) >= 11 is 0. The van der Waals surface area contributed by atoms with Crippen LogP contribution in [-0.4, -0.2) is 56.3 Å². The zero-order valence-corrected chi connectivity index (χ0v) is 21.0. The van der Waals surface area contributed by atoms with Crippen LogP contribution in [-0.2, 0) is 17.7 Å². The van der Waals surface area contributed by atoms with Crippen molar-refractivity contribution in [3.05, 3.63) is 54.0 Å². The van der Waals surface area contributed by atoms with Crippen molar-refractivity contribution in [3.8, 4) is 5.75 Å². The van der Waals surface area contributed by atoms with Gasteiger partial charge in [0, 0.05) is 32.1 Å². The smallest absolute Gasteiger partial charge is 0.409 e. The van der Waals surface area contributed by atoms with Gasteiger partial charge >= 0.3 is 6.09 Å². The van der Waals surface area contributed by atoms with E-state index in [0.717, 1.165) is 42.3 Å². The summed E-state index contributed by atoms with van der Waals surface area (Å²) in [5.74, 6) is 2.53. The fourth-order valence-corrected chi connectivity index (χ4v) is 3.43. The number of nitrogens with one attached hydrogen (secondary N) is 2. The number of amides is 1. The number of nitrogens with zero attached hydrogens (tertiary/aromatic N) is 2. The third-order valence-corrected chi connectivity index (χ3v) is 5.18. The molecule has 0 bridgehead atoms. The Morgan fingerprint density at radius 1 is 1.22 bits per heavy atom. The predicted octanol–water partition coefficient (Wildman–Crippen LogP) is 3.81. The van der Waals surface area contributed by atoms with Crippen molar-refractivity contribution in [3.63, 3.8) is 0 Å². The van der Waals surface area contributed by atoms with Gasteiger partial charge in [0.15, 0.2) is 5.96 Å². The molecule has 2 heterocycles. The molecular weight excluding hydrogens is 523 g/mol. The highest BCUT2D eigenvalue weighted by Crippen LogP contribution is 2.13. The fraction of sp³-hybridized carbons (Fsp3) is 0.478. The number of likely N-dealkylation sites (tertiary alicyclic amines) is 1. The van der Waals surface area contributed by atoms with Gasteiger partial charge in [-0.15, -0.1) is 24.0 Å². The first kappa shape index (κ1) is 25.8. The molecule has 1 aliphatic heterocycles. The molecule has 0 aliphatic carbocycles. The van der Waals surface area contributed by atoms with E-state index in [1.165, 1.54) is 0 Å². The van der Waals surface area contributed by atoms with Crippen LogP contribution in [0.1, 0.15) is 31.1 Å². The highest BCUT2D eigenvalue weighted by atomic mass is 127. The second kappa shape index (κ2) is 13.9. The number of methoxy groups -OCH3 is 1. The fourth-order valence-electron chi connectivity index (χ4n) is 3.43. The molecule has 8 nitrogen and oxygen atoms in total. The topological polar surface area (TPSA) is 88.3 Å². The lowest BCUT2D eigenvalue weighted by atomic mass is 10.1. The molecule has 1 aliphatic rings. The van der Waals surface area contributed by atoms with Crippen LogP contribution >= 0.6 is 24.0 Å². The minimum atomic E-state index is -0.231. The molecular formula is C23H33IN4O4. The third-order valence-electron chi connectivity index (χ3n) is 5.18. The summed E-state index contributed by atoms with van der Waals surface area (Å²) in [6.07, 6.45) is 3.92. The number of aliphatic imine (C=N–C) groups is 1. The van der Waals surface area contributed by atoms with Gasteiger partial charge in [-0.1, -0.05) is 12.1 Å². The monoisotopic (exact) mass is 556 g/mol. The predicted molar refractivity (Wildman–Crippen MR) is 135 cm³/mol. The van der Waals surface area contributed by atoms with E-state index in [4.69, 9.17) is 18.9 Å². The van der Waals surface area contributed by atoms with Gasteiger partial charge in [0.05, 0.1) is 26.5 Å². The molecule has 0 unspecified atom stereocenters. The molecule has 3 rings (SSSR count). The number of hydrogen-bond donors (Lipinski definition) is 2. The summed E-state index contributed by atoms with van der Waals surface area (Å²) in [5.41, 5.74) is 1.10. The van der Waals surface area contributed by atoms with E-state index in [1.54, 1.807) is 18.3 Å². The van der Waals surface area contributed by atoms with Crippen LogP contribution in [0.3, 0.4) is 0 Å². The van der Waals surface area contributed by atoms with Crippen LogP contribution in [0, 0.1) is 0 Å². The molecule has 2 aromatic rings. The number of halogens is 1. The molecule has 1 amide bonds. The van der Waals surface area contributed by atoms with E-state index in [2.05, 4.69) is 10.6 Å². The molecule has 0 saturated carbocycles. The molecule has 176 valence electrons. The number of ether oxygens (including phenoxy) is 2. The van der Waals surface area contributed by atoms with Gasteiger partial charge in [-0.2, -0.15) is 0 Å². The molecule has 0 radical (unpaired) electrons. The Morgan fingerprint density at radius 3 is 2.59 bits per heavy atom. The molecule has 1 saturated heterocycles. The second-order valence-corrected chi connectivity index (χ2v) is 7.37. The molecule has 1 fully saturated rings. The first-order valence-electron chi connectivity index (χ1n) is 10.8. The number of carbonyl (C=O) groups is 1. The lowest BCUT2D eigenvalue weighted by Gasteiger charge is -2.32. The molecule has 2 N–H and O–H groups in total. The largest absolute Gasteiger partial charge is 0.497 e. The summed E-state index contributed by atoms with van der Waals surface area (Å²) in [5, 5.41) is 6.93. The molecule has 1 aromatic carbocycles. The lowest BCUT2D eigenvalue weighted by molar-refractivity contribution is 0.0963. The van der Waals surface area contributed by atoms with Gasteiger partial charge in [0.1, 0.15) is 11.5 Å². The van der Waals surface area contributed by atoms with Crippen molar-refractivity contribution in [2.24, 2.45) is 4.99 Å². The van der Waals surface area contributed by atoms with E-state index in [0.29, 0.717) is 32.8 Å². The molecule has 9 heteroatoms. The van der Waals surface area contributed by atoms with Gasteiger partial charge in [-0.3, -0.25) is 0 Å². The van der Waals surface area contributed by atoms with Gasteiger partial charge in [-0.25, -0.2) is 9.79 Å². The Balaban J connectivity index is 0.00000363. The third kappa shape index (κ3) is 8.25. The minimum absolute atomic E-state index is 0. The van der Waals surface area contributed by atoms with Crippen molar-refractivity contribution >= 4 is 36.0 Å². The Labute approximate surface area is 206 Å². The van der Waals surface area contributed by atoms with Crippen LogP contribution in [0.2, 0.25) is 0 Å². The molecule has 0 atom stereocenters. The maximum atomic E-state index is 11.9. The van der Waals surface area contributed by atoms with E-state index in [9.17, 15) is 4.79 Å². The summed E-state index contributed by atoms with van der Waals surface area (Å²) < 4.78 is 15.7. The number of carbonyl (C=O) groups excluding carboxylic acids is 1. The van der Waals surface area contributed by atoms with Crippen molar-refractivity contribution in [2.45, 2.75) is 38.8 Å². The molecule has 0 spiro atoms. The summed E-state index contributed by atoms with van der Waals surface area (Å²) in [6, 6.07) is 12.0. The molecule has 1 aromatic heterocycles.